The van der Waals surface area contributed by atoms with Crippen LogP contribution in [0, 0.1) is 0 Å². The van der Waals surface area contributed by atoms with E-state index in [0.29, 0.717) is 0 Å². The molecule has 0 unspecified atom stereocenters. The molecule has 0 bridgehead atoms. The van der Waals surface area contributed by atoms with Crippen LogP contribution in [0.15, 0.2) is 0 Å². The van der Waals surface area contributed by atoms with Crippen molar-refractivity contribution in [3.05, 3.63) is 0 Å². The van der Waals surface area contributed by atoms with Gasteiger partial charge in [0.25, 0.3) is 3.79 Å². The van der Waals surface area contributed by atoms with Gasteiger partial charge in [0.1, 0.15) is 0 Å². The van der Waals surface area contributed by atoms with Crippen molar-refractivity contribution in [2.75, 3.05) is 0 Å². The van der Waals surface area contributed by atoms with E-state index in [-0.39, 0.29) is 40.6 Å². The minimum absolute atomic E-state index is 0. The van der Waals surface area contributed by atoms with Gasteiger partial charge in [-0.25, -0.2) is 4.79 Å². The Kier molecular flexibility index (Phi) is 6.79. The minimum atomic E-state index is -2.17. The Hall–Kier alpha value is 1.60. The second-order valence-corrected chi connectivity index (χ2v) is 3.08. The number of hydrogen-bond acceptors (Lipinski definition) is 1. The predicted octanol–water partition coefficient (Wildman–Crippen LogP) is 1.29. The summed E-state index contributed by atoms with van der Waals surface area (Å²) >= 11 is 14.4. The molecular weight excluding hydrogens is 202 g/mol. The van der Waals surface area contributed by atoms with Gasteiger partial charge in [0, 0.05) is 0 Å². The van der Waals surface area contributed by atoms with Crippen LogP contribution in [-0.2, 0) is 4.79 Å². The van der Waals surface area contributed by atoms with E-state index in [9.17, 15) is 4.79 Å². The van der Waals surface area contributed by atoms with Gasteiger partial charge in [0.05, 0.1) is 0 Å². The third-order valence-corrected chi connectivity index (χ3v) is 0.728. The number of alkyl halides is 3. The van der Waals surface area contributed by atoms with Crippen molar-refractivity contribution in [3.63, 3.8) is 0 Å². The Morgan fingerprint density at radius 1 is 1.50 bits per heavy atom. The zero-order valence-corrected chi connectivity index (χ0v) is 8.17. The maximum Gasteiger partial charge on any atom is 2.00 e. The van der Waals surface area contributed by atoms with Crippen LogP contribution in [0.4, 0.5) is 0 Å². The standard InChI is InChI=1S/C2HCl3O2.Ca.2H/c3-2(4,5)1(6)7;;;/h(H,6,7);;;/q;+2;2*-1. The monoisotopic (exact) mass is 204 g/mol. The van der Waals surface area contributed by atoms with Crippen LogP contribution in [0.25, 0.3) is 0 Å². The molecule has 0 aliphatic heterocycles. The maximum atomic E-state index is 9.62. The maximum absolute atomic E-state index is 9.62. The average molecular weight is 205 g/mol. The van der Waals surface area contributed by atoms with Crippen LogP contribution in [-0.4, -0.2) is 52.6 Å². The van der Waals surface area contributed by atoms with E-state index in [1.54, 1.807) is 0 Å². The van der Waals surface area contributed by atoms with Crippen molar-refractivity contribution in [3.8, 4) is 0 Å². The van der Waals surface area contributed by atoms with Crippen molar-refractivity contribution >= 4 is 78.5 Å². The van der Waals surface area contributed by atoms with E-state index in [0.717, 1.165) is 0 Å². The summed E-state index contributed by atoms with van der Waals surface area (Å²) in [6.07, 6.45) is 0. The van der Waals surface area contributed by atoms with Gasteiger partial charge in [-0.2, -0.15) is 0 Å². The molecule has 0 heterocycles. The van der Waals surface area contributed by atoms with Crippen molar-refractivity contribution in [2.24, 2.45) is 0 Å². The van der Waals surface area contributed by atoms with E-state index >= 15 is 0 Å². The van der Waals surface area contributed by atoms with Gasteiger partial charge in [-0.05, 0) is 0 Å². The zero-order chi connectivity index (χ0) is 6.08. The summed E-state index contributed by atoms with van der Waals surface area (Å²) in [5, 5.41) is 7.85. The summed E-state index contributed by atoms with van der Waals surface area (Å²) in [5.41, 5.74) is 0. The number of carboxylic acids is 1. The first-order valence-electron chi connectivity index (χ1n) is 1.24. The Labute approximate surface area is 94.1 Å². The van der Waals surface area contributed by atoms with Gasteiger partial charge in [0.2, 0.25) is 0 Å². The quantitative estimate of drug-likeness (QED) is 0.478. The first-order valence-corrected chi connectivity index (χ1v) is 2.38. The van der Waals surface area contributed by atoms with Gasteiger partial charge < -0.3 is 7.96 Å². The molecule has 1 N–H and O–H groups in total. The molecule has 6 heteroatoms. The van der Waals surface area contributed by atoms with Crippen LogP contribution < -0.4 is 0 Å². The number of hydrogen-bond donors (Lipinski definition) is 1. The fraction of sp³-hybridized carbons (Fsp3) is 0.500. The number of halogens is 3. The summed E-state index contributed by atoms with van der Waals surface area (Å²) in [4.78, 5) is 9.62. The first-order chi connectivity index (χ1) is 2.94. The predicted molar refractivity (Wildman–Crippen MR) is 35.9 cm³/mol. The van der Waals surface area contributed by atoms with E-state index < -0.39 is 9.76 Å². The second-order valence-electron chi connectivity index (χ2n) is 0.803. The molecule has 8 heavy (non-hydrogen) atoms. The number of aliphatic carboxylic acids is 1. The third kappa shape index (κ3) is 5.73. The van der Waals surface area contributed by atoms with Gasteiger partial charge in [-0.15, -0.1) is 0 Å². The normalized spacial score (nSPS) is 9.88. The molecule has 0 saturated heterocycles. The van der Waals surface area contributed by atoms with Crippen LogP contribution >= 0.6 is 34.8 Å². The number of carboxylic acid groups (broad SMARTS) is 1. The molecule has 0 radical (unpaired) electrons. The van der Waals surface area contributed by atoms with Crippen molar-refractivity contribution < 1.29 is 12.8 Å². The molecular formula is C2H3CaCl3O2. The smallest absolute Gasteiger partial charge is 1.00 e. The summed E-state index contributed by atoms with van der Waals surface area (Å²) < 4.78 is -2.17. The van der Waals surface area contributed by atoms with Crippen molar-refractivity contribution in [1.29, 1.82) is 0 Å². The van der Waals surface area contributed by atoms with Crippen LogP contribution in [0.2, 0.25) is 0 Å². The van der Waals surface area contributed by atoms with Gasteiger partial charge in [-0.1, -0.05) is 34.8 Å². The van der Waals surface area contributed by atoms with Gasteiger partial charge in [-0.3, -0.25) is 0 Å². The largest absolute Gasteiger partial charge is 2.00 e. The topological polar surface area (TPSA) is 37.3 Å². The number of rotatable bonds is 0. The van der Waals surface area contributed by atoms with Crippen LogP contribution in [0.1, 0.15) is 2.85 Å². The summed E-state index contributed by atoms with van der Waals surface area (Å²) in [6.45, 7) is 0. The van der Waals surface area contributed by atoms with E-state index in [1.807, 2.05) is 0 Å². The molecule has 0 aromatic rings. The SMILES string of the molecule is O=C(O)C(Cl)(Cl)Cl.[Ca+2].[H-].[H-]. The Morgan fingerprint density at radius 2 is 1.62 bits per heavy atom. The van der Waals surface area contributed by atoms with Gasteiger partial charge >= 0.3 is 43.7 Å². The van der Waals surface area contributed by atoms with E-state index in [2.05, 4.69) is 0 Å². The molecule has 0 aliphatic rings. The molecule has 2 nitrogen and oxygen atoms in total. The van der Waals surface area contributed by atoms with Crippen molar-refractivity contribution in [2.45, 2.75) is 3.79 Å². The molecule has 0 aromatic carbocycles. The molecule has 0 saturated carbocycles. The summed E-state index contributed by atoms with van der Waals surface area (Å²) in [6, 6.07) is 0. The second kappa shape index (κ2) is 4.42. The molecule has 0 fully saturated rings. The fourth-order valence-electron chi connectivity index (χ4n) is 0. The van der Waals surface area contributed by atoms with Crippen molar-refractivity contribution in [1.82, 2.24) is 0 Å². The molecule has 0 rings (SSSR count). The van der Waals surface area contributed by atoms with Crippen LogP contribution in [0.5, 0.6) is 0 Å². The first kappa shape index (κ1) is 12.3. The number of carbonyl (C=O) groups is 1. The Bertz CT molecular complexity index is 95.0. The fourth-order valence-corrected chi connectivity index (χ4v) is 0. The summed E-state index contributed by atoms with van der Waals surface area (Å²) in [5.74, 6) is -1.46. The molecule has 0 atom stereocenters. The molecule has 0 spiro atoms. The summed E-state index contributed by atoms with van der Waals surface area (Å²) in [7, 11) is 0. The average Bonchev–Trinajstić information content (AvgIpc) is 1.31. The Balaban J connectivity index is -0.0000000600. The zero-order valence-electron chi connectivity index (χ0n) is 5.70. The van der Waals surface area contributed by atoms with E-state index in [1.165, 1.54) is 0 Å². The van der Waals surface area contributed by atoms with Gasteiger partial charge in [0.15, 0.2) is 0 Å². The molecule has 46 valence electrons. The molecule has 0 aromatic heterocycles. The molecule has 0 aliphatic carbocycles. The Morgan fingerprint density at radius 3 is 1.62 bits per heavy atom. The third-order valence-electron chi connectivity index (χ3n) is 0.243. The van der Waals surface area contributed by atoms with E-state index in [4.69, 9.17) is 39.9 Å². The minimum Gasteiger partial charge on any atom is -1.00 e. The molecule has 0 amide bonds. The van der Waals surface area contributed by atoms with Crippen LogP contribution in [0.3, 0.4) is 0 Å².